The maximum absolute atomic E-state index is 6.35. The summed E-state index contributed by atoms with van der Waals surface area (Å²) >= 11 is 12.6. The second-order valence-corrected chi connectivity index (χ2v) is 5.87. The lowest BCUT2D eigenvalue weighted by Crippen LogP contribution is -2.15. The smallest absolute Gasteiger partial charge is 0.0978 e. The standard InChI is InChI=1S/C16H17Cl2NO/c1-2-3-4-5-13-15-10(8-9-20-13)14-11(17)6-7-12(18)16(14)19-15/h2-3,6-7,13,19H,4-5,8-9H2,1H3/b3-2+. The van der Waals surface area contributed by atoms with Crippen LogP contribution in [0.25, 0.3) is 10.9 Å². The third kappa shape index (κ3) is 2.37. The molecule has 0 amide bonds. The summed E-state index contributed by atoms with van der Waals surface area (Å²) in [6.07, 6.45) is 7.21. The van der Waals surface area contributed by atoms with Gasteiger partial charge in [-0.25, -0.2) is 0 Å². The van der Waals surface area contributed by atoms with Gasteiger partial charge in [0.05, 0.1) is 28.3 Å². The van der Waals surface area contributed by atoms with E-state index in [0.717, 1.165) is 47.5 Å². The summed E-state index contributed by atoms with van der Waals surface area (Å²) in [5.74, 6) is 0. The van der Waals surface area contributed by atoms with E-state index in [1.807, 2.05) is 19.1 Å². The van der Waals surface area contributed by atoms with Gasteiger partial charge in [-0.2, -0.15) is 0 Å². The number of halogens is 2. The molecule has 1 atom stereocenters. The zero-order valence-electron chi connectivity index (χ0n) is 11.4. The molecule has 3 rings (SSSR count). The van der Waals surface area contributed by atoms with Crippen LogP contribution in [0.4, 0.5) is 0 Å². The topological polar surface area (TPSA) is 25.0 Å². The molecule has 0 saturated heterocycles. The number of H-pyrrole nitrogens is 1. The second-order valence-electron chi connectivity index (χ2n) is 5.05. The molecule has 1 aromatic heterocycles. The van der Waals surface area contributed by atoms with Gasteiger partial charge >= 0.3 is 0 Å². The maximum atomic E-state index is 6.35. The van der Waals surface area contributed by atoms with E-state index >= 15 is 0 Å². The molecule has 1 N–H and O–H groups in total. The van der Waals surface area contributed by atoms with E-state index in [-0.39, 0.29) is 6.10 Å². The van der Waals surface area contributed by atoms with Crippen molar-refractivity contribution >= 4 is 34.1 Å². The first-order valence-electron chi connectivity index (χ1n) is 6.93. The lowest BCUT2D eigenvalue weighted by molar-refractivity contribution is 0.0350. The van der Waals surface area contributed by atoms with Gasteiger partial charge < -0.3 is 9.72 Å². The first kappa shape index (κ1) is 14.0. The normalized spacial score (nSPS) is 18.9. The van der Waals surface area contributed by atoms with E-state index in [1.165, 1.54) is 5.56 Å². The van der Waals surface area contributed by atoms with Crippen molar-refractivity contribution in [3.8, 4) is 0 Å². The van der Waals surface area contributed by atoms with Crippen LogP contribution in [0.2, 0.25) is 10.0 Å². The highest BCUT2D eigenvalue weighted by atomic mass is 35.5. The predicted molar refractivity (Wildman–Crippen MR) is 84.8 cm³/mol. The molecule has 0 aliphatic carbocycles. The van der Waals surface area contributed by atoms with Gasteiger partial charge in [-0.15, -0.1) is 0 Å². The van der Waals surface area contributed by atoms with Gasteiger partial charge in [-0.3, -0.25) is 0 Å². The van der Waals surface area contributed by atoms with Gasteiger partial charge in [0.15, 0.2) is 0 Å². The SMILES string of the molecule is C/C=C/CCC1OCCc2c1[nH]c1c(Cl)ccc(Cl)c21. The Bertz CT molecular complexity index is 660. The Balaban J connectivity index is 2.06. The van der Waals surface area contributed by atoms with Crippen molar-refractivity contribution in [3.05, 3.63) is 45.6 Å². The molecule has 2 nitrogen and oxygen atoms in total. The van der Waals surface area contributed by atoms with Crippen molar-refractivity contribution in [2.75, 3.05) is 6.61 Å². The number of nitrogens with one attached hydrogen (secondary N) is 1. The first-order chi connectivity index (χ1) is 9.72. The third-order valence-corrected chi connectivity index (χ3v) is 4.44. The summed E-state index contributed by atoms with van der Waals surface area (Å²) in [6, 6.07) is 3.70. The third-order valence-electron chi connectivity index (χ3n) is 3.81. The van der Waals surface area contributed by atoms with Crippen LogP contribution in [0.5, 0.6) is 0 Å². The number of hydrogen-bond donors (Lipinski definition) is 1. The molecule has 20 heavy (non-hydrogen) atoms. The Morgan fingerprint density at radius 1 is 1.35 bits per heavy atom. The lowest BCUT2D eigenvalue weighted by atomic mass is 9.99. The summed E-state index contributed by atoms with van der Waals surface area (Å²) in [4.78, 5) is 3.44. The molecule has 4 heteroatoms. The number of hydrogen-bond acceptors (Lipinski definition) is 1. The Morgan fingerprint density at radius 3 is 2.95 bits per heavy atom. The van der Waals surface area contributed by atoms with E-state index < -0.39 is 0 Å². The summed E-state index contributed by atoms with van der Waals surface area (Å²) in [5.41, 5.74) is 3.35. The highest BCUT2D eigenvalue weighted by Crippen LogP contribution is 2.40. The van der Waals surface area contributed by atoms with Gasteiger partial charge in [-0.1, -0.05) is 35.4 Å². The molecule has 1 aromatic carbocycles. The Morgan fingerprint density at radius 2 is 2.15 bits per heavy atom. The molecule has 2 aromatic rings. The first-order valence-corrected chi connectivity index (χ1v) is 7.69. The van der Waals surface area contributed by atoms with Crippen LogP contribution in [-0.4, -0.2) is 11.6 Å². The molecule has 0 spiro atoms. The van der Waals surface area contributed by atoms with Gasteiger partial charge in [0.25, 0.3) is 0 Å². The zero-order chi connectivity index (χ0) is 14.1. The van der Waals surface area contributed by atoms with Crippen LogP contribution < -0.4 is 0 Å². The van der Waals surface area contributed by atoms with Crippen LogP contribution in [0.1, 0.15) is 37.1 Å². The highest BCUT2D eigenvalue weighted by molar-refractivity contribution is 6.40. The van der Waals surface area contributed by atoms with Crippen molar-refractivity contribution < 1.29 is 4.74 Å². The molecule has 1 aliphatic rings. The zero-order valence-corrected chi connectivity index (χ0v) is 12.9. The van der Waals surface area contributed by atoms with Gasteiger partial charge in [0.1, 0.15) is 0 Å². The monoisotopic (exact) mass is 309 g/mol. The van der Waals surface area contributed by atoms with Crippen molar-refractivity contribution in [2.45, 2.75) is 32.3 Å². The van der Waals surface area contributed by atoms with Gasteiger partial charge in [-0.05, 0) is 43.9 Å². The predicted octanol–water partition coefficient (Wildman–Crippen LogP) is 5.44. The Kier molecular flexibility index (Phi) is 4.06. The summed E-state index contributed by atoms with van der Waals surface area (Å²) in [6.45, 7) is 2.78. The average Bonchev–Trinajstić information content (AvgIpc) is 2.85. The Hall–Kier alpha value is -0.960. The van der Waals surface area contributed by atoms with Crippen LogP contribution >= 0.6 is 23.2 Å². The maximum Gasteiger partial charge on any atom is 0.0978 e. The Labute approximate surface area is 128 Å². The fraction of sp³-hybridized carbons (Fsp3) is 0.375. The van der Waals surface area contributed by atoms with Crippen molar-refractivity contribution in [3.63, 3.8) is 0 Å². The number of aromatic nitrogens is 1. The molecule has 0 radical (unpaired) electrons. The molecule has 0 saturated carbocycles. The molecule has 1 unspecified atom stereocenters. The van der Waals surface area contributed by atoms with Gasteiger partial charge in [0, 0.05) is 11.1 Å². The minimum absolute atomic E-state index is 0.106. The van der Waals surface area contributed by atoms with E-state index in [0.29, 0.717) is 5.02 Å². The van der Waals surface area contributed by atoms with Crippen molar-refractivity contribution in [1.29, 1.82) is 0 Å². The van der Waals surface area contributed by atoms with E-state index in [9.17, 15) is 0 Å². The van der Waals surface area contributed by atoms with Crippen LogP contribution in [0, 0.1) is 0 Å². The van der Waals surface area contributed by atoms with E-state index in [1.54, 1.807) is 0 Å². The average molecular weight is 310 g/mol. The quantitative estimate of drug-likeness (QED) is 0.750. The fourth-order valence-electron chi connectivity index (χ4n) is 2.88. The second kappa shape index (κ2) is 5.80. The van der Waals surface area contributed by atoms with E-state index in [2.05, 4.69) is 17.1 Å². The molecule has 0 fully saturated rings. The van der Waals surface area contributed by atoms with Crippen molar-refractivity contribution in [2.24, 2.45) is 0 Å². The highest BCUT2D eigenvalue weighted by Gasteiger charge is 2.26. The van der Waals surface area contributed by atoms with Gasteiger partial charge in [0.2, 0.25) is 0 Å². The fourth-order valence-corrected chi connectivity index (χ4v) is 3.35. The number of fused-ring (bicyclic) bond motifs is 3. The van der Waals surface area contributed by atoms with E-state index in [4.69, 9.17) is 27.9 Å². The summed E-state index contributed by atoms with van der Waals surface area (Å²) in [5, 5.41) is 2.54. The number of rotatable bonds is 3. The molecular weight excluding hydrogens is 293 g/mol. The molecule has 106 valence electrons. The number of aromatic amines is 1. The van der Waals surface area contributed by atoms with Crippen LogP contribution in [0.3, 0.4) is 0 Å². The molecular formula is C16H17Cl2NO. The van der Waals surface area contributed by atoms with Crippen LogP contribution in [0.15, 0.2) is 24.3 Å². The number of benzene rings is 1. The van der Waals surface area contributed by atoms with Crippen molar-refractivity contribution in [1.82, 2.24) is 4.98 Å². The minimum Gasteiger partial charge on any atom is -0.372 e. The number of allylic oxidation sites excluding steroid dienone is 2. The molecule has 0 bridgehead atoms. The largest absolute Gasteiger partial charge is 0.372 e. The molecule has 1 aliphatic heterocycles. The molecule has 2 heterocycles. The summed E-state index contributed by atoms with van der Waals surface area (Å²) < 4.78 is 5.91. The van der Waals surface area contributed by atoms with Crippen LogP contribution in [-0.2, 0) is 11.2 Å². The number of ether oxygens (including phenoxy) is 1. The lowest BCUT2D eigenvalue weighted by Gasteiger charge is -2.23. The summed E-state index contributed by atoms with van der Waals surface area (Å²) in [7, 11) is 0. The minimum atomic E-state index is 0.106.